The van der Waals surface area contributed by atoms with Crippen LogP contribution >= 0.6 is 0 Å². The molecule has 1 heterocycles. The first-order valence-corrected chi connectivity index (χ1v) is 12.4. The molecule has 4 aromatic rings. The normalized spacial score (nSPS) is 20.9. The number of aromatic nitrogens is 1. The maximum absolute atomic E-state index is 12.0. The topological polar surface area (TPSA) is 116 Å². The molecule has 2 atom stereocenters. The SMILES string of the molecule is O=C([O-])COc1cccc(C2(O)CCCCC2(O)Cc2nc(-c3ccccc3)c(-c3ccccc3)o2)c1.[Na+]. The van der Waals surface area contributed by atoms with Crippen molar-refractivity contribution in [2.45, 2.75) is 43.3 Å². The molecule has 0 bridgehead atoms. The van der Waals surface area contributed by atoms with E-state index in [1.54, 1.807) is 24.3 Å². The van der Waals surface area contributed by atoms with E-state index in [9.17, 15) is 20.1 Å². The van der Waals surface area contributed by atoms with E-state index < -0.39 is 23.8 Å². The number of aliphatic carboxylic acids is 1. The Morgan fingerprint density at radius 1 is 0.921 bits per heavy atom. The van der Waals surface area contributed by atoms with Gasteiger partial charge >= 0.3 is 29.6 Å². The maximum Gasteiger partial charge on any atom is 1.00 e. The Balaban J connectivity index is 0.00000336. The molecule has 0 aliphatic heterocycles. The molecule has 38 heavy (non-hydrogen) atoms. The third-order valence-electron chi connectivity index (χ3n) is 7.02. The minimum atomic E-state index is -1.61. The van der Waals surface area contributed by atoms with Gasteiger partial charge in [0.1, 0.15) is 29.3 Å². The molecule has 8 heteroatoms. The van der Waals surface area contributed by atoms with Gasteiger partial charge in [0, 0.05) is 11.1 Å². The zero-order valence-corrected chi connectivity index (χ0v) is 23.3. The molecular weight excluding hydrogens is 493 g/mol. The molecule has 0 spiro atoms. The van der Waals surface area contributed by atoms with Crippen LogP contribution in [0.1, 0.15) is 37.1 Å². The summed E-state index contributed by atoms with van der Waals surface area (Å²) in [6.45, 7) is -0.604. The third kappa shape index (κ3) is 5.72. The number of aliphatic hydroxyl groups is 2. The largest absolute Gasteiger partial charge is 1.00 e. The fourth-order valence-corrected chi connectivity index (χ4v) is 5.14. The predicted molar refractivity (Wildman–Crippen MR) is 135 cm³/mol. The van der Waals surface area contributed by atoms with Crippen molar-refractivity contribution in [3.63, 3.8) is 0 Å². The Bertz CT molecular complexity index is 1320. The maximum atomic E-state index is 12.0. The van der Waals surface area contributed by atoms with Gasteiger partial charge in [-0.3, -0.25) is 0 Å². The van der Waals surface area contributed by atoms with Crippen LogP contribution in [0.25, 0.3) is 22.6 Å². The van der Waals surface area contributed by atoms with E-state index in [1.807, 2.05) is 60.7 Å². The number of ether oxygens (including phenoxy) is 1. The molecule has 7 nitrogen and oxygen atoms in total. The van der Waals surface area contributed by atoms with Crippen molar-refractivity contribution in [1.29, 1.82) is 0 Å². The van der Waals surface area contributed by atoms with Gasteiger partial charge in [0.25, 0.3) is 0 Å². The minimum absolute atomic E-state index is 0. The number of carboxylic acids is 1. The molecule has 1 aliphatic carbocycles. The van der Waals surface area contributed by atoms with Gasteiger partial charge in [-0.25, -0.2) is 4.98 Å². The number of carbonyl (C=O) groups excluding carboxylic acids is 1. The smallest absolute Gasteiger partial charge is 0.546 e. The van der Waals surface area contributed by atoms with Crippen LogP contribution in [0.3, 0.4) is 0 Å². The Morgan fingerprint density at radius 3 is 2.26 bits per heavy atom. The second kappa shape index (κ2) is 11.8. The van der Waals surface area contributed by atoms with Crippen LogP contribution in [0.5, 0.6) is 5.75 Å². The summed E-state index contributed by atoms with van der Waals surface area (Å²) in [4.78, 5) is 15.6. The van der Waals surface area contributed by atoms with E-state index in [1.165, 1.54) is 0 Å². The Hall–Kier alpha value is -2.94. The molecule has 0 radical (unpaired) electrons. The summed E-state index contributed by atoms with van der Waals surface area (Å²) in [6.07, 6.45) is 2.12. The van der Waals surface area contributed by atoms with Crippen LogP contribution in [0.2, 0.25) is 0 Å². The van der Waals surface area contributed by atoms with Gasteiger partial charge in [0.2, 0.25) is 0 Å². The number of hydrogen-bond donors (Lipinski definition) is 2. The van der Waals surface area contributed by atoms with E-state index in [0.29, 0.717) is 35.7 Å². The molecule has 3 aromatic carbocycles. The fraction of sp³-hybridized carbons (Fsp3) is 0.267. The second-order valence-electron chi connectivity index (χ2n) is 9.48. The molecule has 2 N–H and O–H groups in total. The Morgan fingerprint density at radius 2 is 1.58 bits per heavy atom. The van der Waals surface area contributed by atoms with Crippen LogP contribution in [0.15, 0.2) is 89.3 Å². The molecule has 0 saturated heterocycles. The minimum Gasteiger partial charge on any atom is -0.546 e. The van der Waals surface area contributed by atoms with E-state index >= 15 is 0 Å². The van der Waals surface area contributed by atoms with Crippen molar-refractivity contribution < 1.29 is 58.8 Å². The molecule has 2 unspecified atom stereocenters. The fourth-order valence-electron chi connectivity index (χ4n) is 5.14. The molecular formula is C30H28NNaO6. The number of benzene rings is 3. The third-order valence-corrected chi connectivity index (χ3v) is 7.02. The summed E-state index contributed by atoms with van der Waals surface area (Å²) >= 11 is 0. The summed E-state index contributed by atoms with van der Waals surface area (Å²) in [5, 5.41) is 34.7. The van der Waals surface area contributed by atoms with Crippen molar-refractivity contribution in [2.75, 3.05) is 6.61 Å². The summed E-state index contributed by atoms with van der Waals surface area (Å²) in [6, 6.07) is 25.9. The molecule has 1 saturated carbocycles. The predicted octanol–water partition coefficient (Wildman–Crippen LogP) is 0.877. The summed E-state index contributed by atoms with van der Waals surface area (Å²) in [5.41, 5.74) is -0.305. The van der Waals surface area contributed by atoms with Gasteiger partial charge in [-0.1, -0.05) is 85.6 Å². The molecule has 5 rings (SSSR count). The van der Waals surface area contributed by atoms with E-state index in [-0.39, 0.29) is 41.7 Å². The van der Waals surface area contributed by atoms with Gasteiger partial charge in [-0.15, -0.1) is 0 Å². The number of carboxylic acid groups (broad SMARTS) is 1. The average molecular weight is 522 g/mol. The van der Waals surface area contributed by atoms with Crippen LogP contribution in [0, 0.1) is 0 Å². The molecule has 190 valence electrons. The molecule has 1 aliphatic rings. The van der Waals surface area contributed by atoms with Gasteiger partial charge in [0.05, 0.1) is 12.4 Å². The number of carbonyl (C=O) groups is 1. The van der Waals surface area contributed by atoms with Crippen LogP contribution in [-0.2, 0) is 16.8 Å². The first-order valence-electron chi connectivity index (χ1n) is 12.4. The van der Waals surface area contributed by atoms with Crippen LogP contribution in [0.4, 0.5) is 0 Å². The van der Waals surface area contributed by atoms with Crippen molar-refractivity contribution in [1.82, 2.24) is 4.98 Å². The number of rotatable bonds is 8. The van der Waals surface area contributed by atoms with Crippen molar-refractivity contribution >= 4 is 5.97 Å². The van der Waals surface area contributed by atoms with Crippen molar-refractivity contribution in [2.24, 2.45) is 0 Å². The second-order valence-corrected chi connectivity index (χ2v) is 9.48. The van der Waals surface area contributed by atoms with Crippen molar-refractivity contribution in [3.05, 3.63) is 96.4 Å². The molecule has 0 amide bonds. The zero-order chi connectivity index (χ0) is 25.9. The van der Waals surface area contributed by atoms with Crippen molar-refractivity contribution in [3.8, 4) is 28.3 Å². The van der Waals surface area contributed by atoms with Gasteiger partial charge in [-0.2, -0.15) is 0 Å². The Labute approximate surface area is 243 Å². The first-order chi connectivity index (χ1) is 17.9. The molecule has 1 fully saturated rings. The quantitative estimate of drug-likeness (QED) is 0.331. The van der Waals surface area contributed by atoms with Crippen LogP contribution < -0.4 is 39.4 Å². The Kier molecular flexibility index (Phi) is 8.75. The number of nitrogens with zero attached hydrogens (tertiary/aromatic N) is 1. The monoisotopic (exact) mass is 521 g/mol. The van der Waals surface area contributed by atoms with Crippen LogP contribution in [-0.4, -0.2) is 33.4 Å². The summed E-state index contributed by atoms with van der Waals surface area (Å²) < 4.78 is 11.5. The zero-order valence-electron chi connectivity index (χ0n) is 21.3. The number of hydrogen-bond acceptors (Lipinski definition) is 7. The summed E-state index contributed by atoms with van der Waals surface area (Å²) in [5.74, 6) is -0.144. The average Bonchev–Trinajstić information content (AvgIpc) is 3.34. The van der Waals surface area contributed by atoms with E-state index in [0.717, 1.165) is 24.0 Å². The first kappa shape index (κ1) is 28.1. The van der Waals surface area contributed by atoms with Gasteiger partial charge < -0.3 is 29.3 Å². The number of oxazole rings is 1. The van der Waals surface area contributed by atoms with Gasteiger partial charge in [0.15, 0.2) is 11.7 Å². The standard InChI is InChI=1S/C30H29NO6.Na/c32-26(33)20-36-24-15-9-14-23(18-24)30(35)17-8-7-16-29(30,34)19-25-31-27(21-10-3-1-4-11-21)28(37-25)22-12-5-2-6-13-22;/h1-6,9-15,18,34-35H,7-8,16-17,19-20H2,(H,32,33);/q;+1/p-1. The summed E-state index contributed by atoms with van der Waals surface area (Å²) in [7, 11) is 0. The molecule has 1 aromatic heterocycles. The van der Waals surface area contributed by atoms with E-state index in [2.05, 4.69) is 0 Å². The van der Waals surface area contributed by atoms with Gasteiger partial charge in [-0.05, 0) is 30.5 Å². The van der Waals surface area contributed by atoms with E-state index in [4.69, 9.17) is 14.1 Å².